The molecule has 2 N–H and O–H groups in total. The summed E-state index contributed by atoms with van der Waals surface area (Å²) >= 11 is 0. The van der Waals surface area contributed by atoms with Gasteiger partial charge in [-0.2, -0.15) is 15.1 Å². The maximum Gasteiger partial charge on any atom is 0.226 e. The number of nitrogens with one attached hydrogen (secondary N) is 2. The third-order valence-electron chi connectivity index (χ3n) is 3.29. The Morgan fingerprint density at radius 3 is 2.74 bits per heavy atom. The van der Waals surface area contributed by atoms with Gasteiger partial charge < -0.3 is 15.4 Å². The van der Waals surface area contributed by atoms with Gasteiger partial charge in [-0.1, -0.05) is 0 Å². The fraction of sp³-hybridized carbons (Fsp3) is 0.267. The predicted molar refractivity (Wildman–Crippen MR) is 86.4 cm³/mol. The van der Waals surface area contributed by atoms with Gasteiger partial charge in [0.05, 0.1) is 18.2 Å². The van der Waals surface area contributed by atoms with Crippen molar-refractivity contribution < 1.29 is 9.13 Å². The number of methoxy groups -OCH3 is 1. The van der Waals surface area contributed by atoms with Crippen molar-refractivity contribution in [3.8, 4) is 0 Å². The summed E-state index contributed by atoms with van der Waals surface area (Å²) in [5.41, 5.74) is 1.43. The molecule has 0 unspecified atom stereocenters. The Morgan fingerprint density at radius 2 is 2.00 bits per heavy atom. The van der Waals surface area contributed by atoms with E-state index in [1.54, 1.807) is 30.1 Å². The van der Waals surface area contributed by atoms with Gasteiger partial charge in [0.1, 0.15) is 11.6 Å². The van der Waals surface area contributed by atoms with Gasteiger partial charge in [-0.05, 0) is 24.3 Å². The van der Waals surface area contributed by atoms with Crippen molar-refractivity contribution in [1.82, 2.24) is 19.7 Å². The van der Waals surface area contributed by atoms with E-state index in [1.165, 1.54) is 12.1 Å². The Balaban J connectivity index is 1.94. The first kappa shape index (κ1) is 15.2. The summed E-state index contributed by atoms with van der Waals surface area (Å²) in [7, 11) is 3.45. The first-order chi connectivity index (χ1) is 11.2. The summed E-state index contributed by atoms with van der Waals surface area (Å²) in [5, 5.41) is 11.3. The van der Waals surface area contributed by atoms with E-state index in [0.717, 1.165) is 11.1 Å². The van der Waals surface area contributed by atoms with E-state index in [2.05, 4.69) is 25.7 Å². The molecule has 2 heterocycles. The lowest BCUT2D eigenvalue weighted by atomic mass is 10.3. The van der Waals surface area contributed by atoms with Crippen LogP contribution in [0.5, 0.6) is 0 Å². The van der Waals surface area contributed by atoms with Crippen LogP contribution in [0.4, 0.5) is 21.8 Å². The molecule has 3 aromatic rings. The molecule has 0 atom stereocenters. The fourth-order valence-electron chi connectivity index (χ4n) is 2.13. The first-order valence-corrected chi connectivity index (χ1v) is 7.12. The molecular formula is C15H17FN6O. The average Bonchev–Trinajstić information content (AvgIpc) is 2.92. The normalized spacial score (nSPS) is 10.9. The van der Waals surface area contributed by atoms with Crippen molar-refractivity contribution in [2.45, 2.75) is 0 Å². The third-order valence-corrected chi connectivity index (χ3v) is 3.29. The molecule has 0 aliphatic heterocycles. The Labute approximate surface area is 132 Å². The summed E-state index contributed by atoms with van der Waals surface area (Å²) in [4.78, 5) is 8.91. The molecular weight excluding hydrogens is 299 g/mol. The van der Waals surface area contributed by atoms with Gasteiger partial charge >= 0.3 is 0 Å². The monoisotopic (exact) mass is 316 g/mol. The van der Waals surface area contributed by atoms with Crippen LogP contribution in [-0.2, 0) is 11.8 Å². The van der Waals surface area contributed by atoms with Gasteiger partial charge in [0.25, 0.3) is 0 Å². The number of ether oxygens (including phenoxy) is 1. The van der Waals surface area contributed by atoms with Gasteiger partial charge in [-0.15, -0.1) is 0 Å². The molecule has 8 heteroatoms. The minimum Gasteiger partial charge on any atom is -0.383 e. The smallest absolute Gasteiger partial charge is 0.226 e. The van der Waals surface area contributed by atoms with Crippen LogP contribution in [-0.4, -0.2) is 40.0 Å². The van der Waals surface area contributed by atoms with E-state index in [4.69, 9.17) is 4.74 Å². The van der Waals surface area contributed by atoms with E-state index in [9.17, 15) is 4.39 Å². The number of halogens is 1. The molecule has 0 aliphatic rings. The molecule has 0 aliphatic carbocycles. The average molecular weight is 316 g/mol. The van der Waals surface area contributed by atoms with Gasteiger partial charge in [-0.25, -0.2) is 4.39 Å². The van der Waals surface area contributed by atoms with Crippen LogP contribution in [0, 0.1) is 5.82 Å². The van der Waals surface area contributed by atoms with Crippen LogP contribution >= 0.6 is 0 Å². The summed E-state index contributed by atoms with van der Waals surface area (Å²) in [6, 6.07) is 6.08. The summed E-state index contributed by atoms with van der Waals surface area (Å²) in [6.07, 6.45) is 1.69. The van der Waals surface area contributed by atoms with Crippen LogP contribution in [0.1, 0.15) is 0 Å². The lowest BCUT2D eigenvalue weighted by Crippen LogP contribution is -2.11. The molecule has 120 valence electrons. The summed E-state index contributed by atoms with van der Waals surface area (Å²) < 4.78 is 19.7. The highest BCUT2D eigenvalue weighted by Gasteiger charge is 2.11. The van der Waals surface area contributed by atoms with E-state index >= 15 is 0 Å². The SMILES string of the molecule is COCCNc1nc(Nc2ccc(F)cc2)c2cnn(C)c2n1. The van der Waals surface area contributed by atoms with Crippen molar-refractivity contribution in [1.29, 1.82) is 0 Å². The minimum absolute atomic E-state index is 0.285. The number of anilines is 3. The van der Waals surface area contributed by atoms with Crippen molar-refractivity contribution >= 4 is 28.5 Å². The predicted octanol–water partition coefficient (Wildman–Crippen LogP) is 2.30. The highest BCUT2D eigenvalue weighted by Crippen LogP contribution is 2.24. The number of hydrogen-bond donors (Lipinski definition) is 2. The molecule has 0 saturated carbocycles. The molecule has 23 heavy (non-hydrogen) atoms. The molecule has 2 aromatic heterocycles. The van der Waals surface area contributed by atoms with E-state index < -0.39 is 0 Å². The quantitative estimate of drug-likeness (QED) is 0.680. The molecule has 3 rings (SSSR count). The van der Waals surface area contributed by atoms with Crippen LogP contribution in [0.25, 0.3) is 11.0 Å². The number of nitrogens with zero attached hydrogens (tertiary/aromatic N) is 4. The van der Waals surface area contributed by atoms with E-state index in [0.29, 0.717) is 30.6 Å². The zero-order valence-electron chi connectivity index (χ0n) is 12.9. The van der Waals surface area contributed by atoms with E-state index in [1.807, 2.05) is 7.05 Å². The number of rotatable bonds is 6. The number of aryl methyl sites for hydroxylation is 1. The number of fused-ring (bicyclic) bond motifs is 1. The number of hydrogen-bond acceptors (Lipinski definition) is 6. The van der Waals surface area contributed by atoms with Crippen molar-refractivity contribution in [2.24, 2.45) is 7.05 Å². The van der Waals surface area contributed by atoms with Gasteiger partial charge in [0, 0.05) is 26.4 Å². The van der Waals surface area contributed by atoms with Crippen molar-refractivity contribution in [3.63, 3.8) is 0 Å². The highest BCUT2D eigenvalue weighted by atomic mass is 19.1. The van der Waals surface area contributed by atoms with Crippen molar-refractivity contribution in [3.05, 3.63) is 36.3 Å². The summed E-state index contributed by atoms with van der Waals surface area (Å²) in [6.45, 7) is 1.14. The number of aromatic nitrogens is 4. The van der Waals surface area contributed by atoms with Gasteiger partial charge in [0.15, 0.2) is 5.65 Å². The zero-order valence-corrected chi connectivity index (χ0v) is 12.9. The largest absolute Gasteiger partial charge is 0.383 e. The van der Waals surface area contributed by atoms with Gasteiger partial charge in [0.2, 0.25) is 5.95 Å². The Kier molecular flexibility index (Phi) is 4.33. The molecule has 0 fully saturated rings. The Bertz CT molecular complexity index is 802. The topological polar surface area (TPSA) is 76.9 Å². The van der Waals surface area contributed by atoms with Crippen LogP contribution in [0.3, 0.4) is 0 Å². The maximum atomic E-state index is 13.0. The van der Waals surface area contributed by atoms with Gasteiger partial charge in [-0.3, -0.25) is 4.68 Å². The molecule has 0 bridgehead atoms. The zero-order chi connectivity index (χ0) is 16.2. The molecule has 7 nitrogen and oxygen atoms in total. The standard InChI is InChI=1S/C15H17FN6O/c1-22-14-12(9-18-22)13(19-11-5-3-10(16)4-6-11)20-15(21-14)17-7-8-23-2/h3-6,9H,7-8H2,1-2H3,(H2,17,19,20,21). The van der Waals surface area contributed by atoms with Crippen molar-refractivity contribution in [2.75, 3.05) is 30.9 Å². The van der Waals surface area contributed by atoms with E-state index in [-0.39, 0.29) is 5.82 Å². The minimum atomic E-state index is -0.285. The first-order valence-electron chi connectivity index (χ1n) is 7.12. The molecule has 0 amide bonds. The molecule has 0 saturated heterocycles. The Morgan fingerprint density at radius 1 is 1.22 bits per heavy atom. The second-order valence-electron chi connectivity index (χ2n) is 4.95. The summed E-state index contributed by atoms with van der Waals surface area (Å²) in [5.74, 6) is 0.795. The lowest BCUT2D eigenvalue weighted by molar-refractivity contribution is 0.210. The van der Waals surface area contributed by atoms with Crippen LogP contribution < -0.4 is 10.6 Å². The fourth-order valence-corrected chi connectivity index (χ4v) is 2.13. The molecule has 0 radical (unpaired) electrons. The van der Waals surface area contributed by atoms with Crippen LogP contribution in [0.15, 0.2) is 30.5 Å². The second-order valence-corrected chi connectivity index (χ2v) is 4.95. The molecule has 1 aromatic carbocycles. The lowest BCUT2D eigenvalue weighted by Gasteiger charge is -2.10. The molecule has 0 spiro atoms. The third kappa shape index (κ3) is 3.37. The Hall–Kier alpha value is -2.74. The maximum absolute atomic E-state index is 13.0. The highest BCUT2D eigenvalue weighted by molar-refractivity contribution is 5.89. The number of benzene rings is 1. The second kappa shape index (κ2) is 6.57. The van der Waals surface area contributed by atoms with Crippen LogP contribution in [0.2, 0.25) is 0 Å².